The number of hydrogen-bond donors (Lipinski definition) is 2. The maximum absolute atomic E-state index is 8.36. The van der Waals surface area contributed by atoms with Crippen molar-refractivity contribution in [3.8, 4) is 0 Å². The fourth-order valence-electron chi connectivity index (χ4n) is 0.731. The zero-order valence-corrected chi connectivity index (χ0v) is 6.67. The SMILES string of the molecule is C/C(=N\O)C(C)CCCN. The highest BCUT2D eigenvalue weighted by Crippen LogP contribution is 2.06. The summed E-state index contributed by atoms with van der Waals surface area (Å²) < 4.78 is 0. The molecule has 0 bridgehead atoms. The summed E-state index contributed by atoms with van der Waals surface area (Å²) >= 11 is 0. The van der Waals surface area contributed by atoms with E-state index < -0.39 is 0 Å². The van der Waals surface area contributed by atoms with Crippen molar-refractivity contribution >= 4 is 5.71 Å². The quantitative estimate of drug-likeness (QED) is 0.354. The van der Waals surface area contributed by atoms with Gasteiger partial charge < -0.3 is 10.9 Å². The van der Waals surface area contributed by atoms with Crippen molar-refractivity contribution in [2.24, 2.45) is 16.8 Å². The van der Waals surface area contributed by atoms with Gasteiger partial charge in [-0.1, -0.05) is 12.1 Å². The highest BCUT2D eigenvalue weighted by atomic mass is 16.4. The van der Waals surface area contributed by atoms with E-state index in [1.165, 1.54) is 0 Å². The zero-order chi connectivity index (χ0) is 7.98. The monoisotopic (exact) mass is 144 g/mol. The second-order valence-corrected chi connectivity index (χ2v) is 2.57. The van der Waals surface area contributed by atoms with Crippen molar-refractivity contribution in [2.45, 2.75) is 26.7 Å². The van der Waals surface area contributed by atoms with E-state index in [0.29, 0.717) is 12.5 Å². The Labute approximate surface area is 61.9 Å². The molecule has 0 spiro atoms. The van der Waals surface area contributed by atoms with Gasteiger partial charge in [0.1, 0.15) is 0 Å². The van der Waals surface area contributed by atoms with Crippen molar-refractivity contribution < 1.29 is 5.21 Å². The number of nitrogens with zero attached hydrogens (tertiary/aromatic N) is 1. The third-order valence-corrected chi connectivity index (χ3v) is 1.71. The van der Waals surface area contributed by atoms with Crippen LogP contribution < -0.4 is 5.73 Å². The average molecular weight is 144 g/mol. The predicted molar refractivity (Wildman–Crippen MR) is 42.3 cm³/mol. The van der Waals surface area contributed by atoms with Crippen LogP contribution in [-0.2, 0) is 0 Å². The molecule has 0 rings (SSSR count). The van der Waals surface area contributed by atoms with Crippen LogP contribution in [-0.4, -0.2) is 17.5 Å². The summed E-state index contributed by atoms with van der Waals surface area (Å²) in [5.74, 6) is 0.355. The first-order valence-electron chi connectivity index (χ1n) is 3.61. The van der Waals surface area contributed by atoms with Gasteiger partial charge in [-0.25, -0.2) is 0 Å². The molecule has 0 aromatic rings. The molecular formula is C7H16N2O. The predicted octanol–water partition coefficient (Wildman–Crippen LogP) is 1.21. The van der Waals surface area contributed by atoms with Crippen LogP contribution in [0.2, 0.25) is 0 Å². The summed E-state index contributed by atoms with van der Waals surface area (Å²) in [6.45, 7) is 4.56. The molecule has 1 atom stereocenters. The van der Waals surface area contributed by atoms with E-state index in [1.807, 2.05) is 13.8 Å². The lowest BCUT2D eigenvalue weighted by Crippen LogP contribution is -2.09. The Kier molecular flexibility index (Phi) is 4.94. The van der Waals surface area contributed by atoms with Crippen LogP contribution in [0.1, 0.15) is 26.7 Å². The third-order valence-electron chi connectivity index (χ3n) is 1.71. The molecule has 0 aromatic carbocycles. The molecule has 10 heavy (non-hydrogen) atoms. The van der Waals surface area contributed by atoms with Crippen LogP contribution >= 0.6 is 0 Å². The lowest BCUT2D eigenvalue weighted by atomic mass is 10.0. The second kappa shape index (κ2) is 5.23. The van der Waals surface area contributed by atoms with Gasteiger partial charge in [-0.2, -0.15) is 0 Å². The fourth-order valence-corrected chi connectivity index (χ4v) is 0.731. The topological polar surface area (TPSA) is 58.6 Å². The van der Waals surface area contributed by atoms with Gasteiger partial charge >= 0.3 is 0 Å². The Hall–Kier alpha value is -0.570. The van der Waals surface area contributed by atoms with Crippen LogP contribution in [0.4, 0.5) is 0 Å². The molecule has 0 radical (unpaired) electrons. The Morgan fingerprint density at radius 2 is 2.30 bits per heavy atom. The first-order valence-corrected chi connectivity index (χ1v) is 3.61. The maximum atomic E-state index is 8.36. The van der Waals surface area contributed by atoms with E-state index in [4.69, 9.17) is 10.9 Å². The van der Waals surface area contributed by atoms with Gasteiger partial charge in [-0.15, -0.1) is 0 Å². The van der Waals surface area contributed by atoms with Gasteiger partial charge in [-0.3, -0.25) is 0 Å². The Morgan fingerprint density at radius 3 is 2.70 bits per heavy atom. The minimum Gasteiger partial charge on any atom is -0.411 e. The summed E-state index contributed by atoms with van der Waals surface area (Å²) in [6.07, 6.45) is 2.00. The lowest BCUT2D eigenvalue weighted by molar-refractivity contribution is 0.314. The van der Waals surface area contributed by atoms with E-state index in [1.54, 1.807) is 0 Å². The molecule has 3 nitrogen and oxygen atoms in total. The summed E-state index contributed by atoms with van der Waals surface area (Å²) in [5, 5.41) is 11.5. The normalized spacial score (nSPS) is 15.3. The summed E-state index contributed by atoms with van der Waals surface area (Å²) in [4.78, 5) is 0. The molecule has 0 saturated heterocycles. The molecule has 60 valence electrons. The van der Waals surface area contributed by atoms with Crippen molar-refractivity contribution in [1.29, 1.82) is 0 Å². The van der Waals surface area contributed by atoms with E-state index in [9.17, 15) is 0 Å². The van der Waals surface area contributed by atoms with E-state index in [2.05, 4.69) is 5.16 Å². The third kappa shape index (κ3) is 3.45. The van der Waals surface area contributed by atoms with Crippen molar-refractivity contribution in [2.75, 3.05) is 6.54 Å². The van der Waals surface area contributed by atoms with Gasteiger partial charge in [0.25, 0.3) is 0 Å². The Bertz CT molecular complexity index is 112. The largest absolute Gasteiger partial charge is 0.411 e. The molecule has 0 aliphatic rings. The van der Waals surface area contributed by atoms with Crippen LogP contribution in [0.15, 0.2) is 5.16 Å². The lowest BCUT2D eigenvalue weighted by Gasteiger charge is -2.07. The van der Waals surface area contributed by atoms with E-state index in [-0.39, 0.29) is 0 Å². The zero-order valence-electron chi connectivity index (χ0n) is 6.67. The van der Waals surface area contributed by atoms with Gasteiger partial charge in [0.05, 0.1) is 5.71 Å². The first kappa shape index (κ1) is 9.43. The van der Waals surface area contributed by atoms with E-state index in [0.717, 1.165) is 18.6 Å². The highest BCUT2D eigenvalue weighted by molar-refractivity contribution is 5.83. The molecule has 3 N–H and O–H groups in total. The minimum atomic E-state index is 0.355. The fraction of sp³-hybridized carbons (Fsp3) is 0.857. The number of oxime groups is 1. The standard InChI is InChI=1S/C7H16N2O/c1-6(4-3-5-8)7(2)9-10/h6,10H,3-5,8H2,1-2H3/b9-7+. The van der Waals surface area contributed by atoms with Crippen LogP contribution in [0.3, 0.4) is 0 Å². The van der Waals surface area contributed by atoms with Gasteiger partial charge in [-0.05, 0) is 32.2 Å². The van der Waals surface area contributed by atoms with Crippen LogP contribution in [0.5, 0.6) is 0 Å². The summed E-state index contributed by atoms with van der Waals surface area (Å²) in [5.41, 5.74) is 6.10. The molecule has 0 saturated carbocycles. The second-order valence-electron chi connectivity index (χ2n) is 2.57. The molecule has 0 fully saturated rings. The number of hydrogen-bond acceptors (Lipinski definition) is 3. The molecule has 0 amide bonds. The highest BCUT2D eigenvalue weighted by Gasteiger charge is 2.04. The van der Waals surface area contributed by atoms with Crippen molar-refractivity contribution in [3.63, 3.8) is 0 Å². The molecule has 1 unspecified atom stereocenters. The van der Waals surface area contributed by atoms with Gasteiger partial charge in [0, 0.05) is 0 Å². The summed E-state index contributed by atoms with van der Waals surface area (Å²) in [6, 6.07) is 0. The van der Waals surface area contributed by atoms with Gasteiger partial charge in [0.15, 0.2) is 0 Å². The van der Waals surface area contributed by atoms with Crippen molar-refractivity contribution in [3.05, 3.63) is 0 Å². The Balaban J connectivity index is 3.51. The Morgan fingerprint density at radius 1 is 1.70 bits per heavy atom. The number of nitrogens with two attached hydrogens (primary N) is 1. The summed E-state index contributed by atoms with van der Waals surface area (Å²) in [7, 11) is 0. The number of rotatable bonds is 4. The van der Waals surface area contributed by atoms with Crippen LogP contribution in [0.25, 0.3) is 0 Å². The maximum Gasteiger partial charge on any atom is 0.0568 e. The van der Waals surface area contributed by atoms with Gasteiger partial charge in [0.2, 0.25) is 0 Å². The average Bonchev–Trinajstić information content (AvgIpc) is 1.98. The van der Waals surface area contributed by atoms with Crippen molar-refractivity contribution in [1.82, 2.24) is 0 Å². The molecule has 0 aliphatic heterocycles. The molecular weight excluding hydrogens is 128 g/mol. The molecule has 3 heteroatoms. The smallest absolute Gasteiger partial charge is 0.0568 e. The molecule has 0 aromatic heterocycles. The molecule has 0 heterocycles. The first-order chi connectivity index (χ1) is 4.72. The minimum absolute atomic E-state index is 0.355. The van der Waals surface area contributed by atoms with Crippen LogP contribution in [0, 0.1) is 5.92 Å². The molecule has 0 aliphatic carbocycles. The van der Waals surface area contributed by atoms with E-state index >= 15 is 0 Å².